The second-order valence-electron chi connectivity index (χ2n) is 10.6. The van der Waals surface area contributed by atoms with E-state index >= 15 is 0 Å². The van der Waals surface area contributed by atoms with E-state index in [9.17, 15) is 14.4 Å². The summed E-state index contributed by atoms with van der Waals surface area (Å²) in [4.78, 5) is 35.9. The molecular weight excluding hydrogens is 392 g/mol. The molecule has 0 aliphatic heterocycles. The summed E-state index contributed by atoms with van der Waals surface area (Å²) in [6.45, 7) is 18.4. The van der Waals surface area contributed by atoms with Gasteiger partial charge in [-0.2, -0.15) is 0 Å². The Bertz CT molecular complexity index is 554. The number of rotatable bonds is 15. The monoisotopic (exact) mass is 442 g/mol. The third kappa shape index (κ3) is 15.1. The molecule has 3 N–H and O–H groups in total. The second kappa shape index (κ2) is 14.6. The summed E-state index contributed by atoms with van der Waals surface area (Å²) in [5, 5.41) is 15.1. The van der Waals surface area contributed by atoms with Crippen molar-refractivity contribution in [1.29, 1.82) is 0 Å². The zero-order chi connectivity index (χ0) is 24.9. The molecule has 0 aliphatic rings. The Balaban J connectivity index is 0. The van der Waals surface area contributed by atoms with E-state index in [2.05, 4.69) is 38.3 Å². The van der Waals surface area contributed by atoms with Crippen LogP contribution in [0.3, 0.4) is 0 Å². The van der Waals surface area contributed by atoms with Crippen molar-refractivity contribution in [1.82, 2.24) is 10.6 Å². The lowest BCUT2D eigenvalue weighted by atomic mass is 9.71. The van der Waals surface area contributed by atoms with Crippen molar-refractivity contribution in [3.8, 4) is 0 Å². The molecule has 184 valence electrons. The van der Waals surface area contributed by atoms with E-state index in [0.717, 1.165) is 19.3 Å². The van der Waals surface area contributed by atoms with Gasteiger partial charge in [0.2, 0.25) is 5.91 Å². The van der Waals surface area contributed by atoms with Crippen molar-refractivity contribution in [3.05, 3.63) is 0 Å². The van der Waals surface area contributed by atoms with Gasteiger partial charge in [0.15, 0.2) is 0 Å². The van der Waals surface area contributed by atoms with Crippen molar-refractivity contribution in [2.75, 3.05) is 13.6 Å². The maximum atomic E-state index is 12.6. The molecule has 0 saturated heterocycles. The van der Waals surface area contributed by atoms with Crippen LogP contribution in [-0.4, -0.2) is 41.9 Å². The summed E-state index contributed by atoms with van der Waals surface area (Å²) >= 11 is 0. The summed E-state index contributed by atoms with van der Waals surface area (Å²) in [6, 6.07) is 0. The highest BCUT2D eigenvalue weighted by Gasteiger charge is 2.35. The first-order valence-corrected chi connectivity index (χ1v) is 11.8. The molecule has 6 heteroatoms. The highest BCUT2D eigenvalue weighted by Crippen LogP contribution is 2.37. The number of nitrogens with one attached hydrogen (secondary N) is 2. The van der Waals surface area contributed by atoms with Crippen LogP contribution >= 0.6 is 0 Å². The number of carbonyl (C=O) groups excluding carboxylic acids is 2. The van der Waals surface area contributed by atoms with E-state index in [1.807, 2.05) is 34.7 Å². The highest BCUT2D eigenvalue weighted by atomic mass is 16.4. The van der Waals surface area contributed by atoms with Gasteiger partial charge in [-0.3, -0.25) is 14.4 Å². The molecule has 1 atom stereocenters. The summed E-state index contributed by atoms with van der Waals surface area (Å²) in [7, 11) is 1.91. The quantitative estimate of drug-likeness (QED) is 0.303. The molecule has 0 aromatic rings. The van der Waals surface area contributed by atoms with Crippen molar-refractivity contribution in [2.24, 2.45) is 16.7 Å². The largest absolute Gasteiger partial charge is 0.481 e. The predicted octanol–water partition coefficient (Wildman–Crippen LogP) is 5.20. The van der Waals surface area contributed by atoms with E-state index in [4.69, 9.17) is 5.11 Å². The van der Waals surface area contributed by atoms with Gasteiger partial charge in [0.1, 0.15) is 5.78 Å². The normalized spacial score (nSPS) is 13.1. The molecule has 0 saturated carbocycles. The van der Waals surface area contributed by atoms with Gasteiger partial charge >= 0.3 is 5.97 Å². The van der Waals surface area contributed by atoms with Crippen LogP contribution in [0.5, 0.6) is 0 Å². The summed E-state index contributed by atoms with van der Waals surface area (Å²) in [6.07, 6.45) is 4.59. The number of carboxylic acids is 1. The van der Waals surface area contributed by atoms with Crippen LogP contribution in [0.25, 0.3) is 0 Å². The Hall–Kier alpha value is -1.43. The number of ketones is 1. The van der Waals surface area contributed by atoms with Crippen LogP contribution in [0.1, 0.15) is 107 Å². The minimum Gasteiger partial charge on any atom is -0.481 e. The Morgan fingerprint density at radius 2 is 1.52 bits per heavy atom. The molecule has 31 heavy (non-hydrogen) atoms. The van der Waals surface area contributed by atoms with Gasteiger partial charge < -0.3 is 15.7 Å². The standard InChI is InChI=1S/C23H44N2O4.C2H6/c1-17(19(27)28)11-9-10-14-25-20(29)22(4,5)16-21(2,3)15-18(26)12-13-23(6,7)24-8;1-2/h17,24H,9-16H2,1-8H3,(H,25,29)(H,27,28);1-2H3. The molecule has 1 amide bonds. The number of hydrogen-bond donors (Lipinski definition) is 3. The fourth-order valence-corrected chi connectivity index (χ4v) is 3.68. The molecule has 0 aliphatic carbocycles. The first-order chi connectivity index (χ1) is 14.1. The van der Waals surface area contributed by atoms with E-state index in [-0.39, 0.29) is 28.6 Å². The summed E-state index contributed by atoms with van der Waals surface area (Å²) < 4.78 is 0. The number of amides is 1. The lowest BCUT2D eigenvalue weighted by molar-refractivity contribution is -0.141. The number of Topliss-reactive ketones (excluding diaryl/α,β-unsaturated/α-hetero) is 1. The molecular formula is C25H50N2O4. The minimum atomic E-state index is -0.776. The van der Waals surface area contributed by atoms with Crippen molar-refractivity contribution in [2.45, 2.75) is 113 Å². The lowest BCUT2D eigenvalue weighted by Gasteiger charge is -2.34. The Morgan fingerprint density at radius 3 is 2.00 bits per heavy atom. The number of hydrogen-bond acceptors (Lipinski definition) is 4. The average Bonchev–Trinajstić information content (AvgIpc) is 2.66. The van der Waals surface area contributed by atoms with Gasteiger partial charge in [-0.25, -0.2) is 0 Å². The fraction of sp³-hybridized carbons (Fsp3) is 0.880. The third-order valence-electron chi connectivity index (χ3n) is 5.69. The van der Waals surface area contributed by atoms with Crippen LogP contribution in [0.15, 0.2) is 0 Å². The molecule has 0 bridgehead atoms. The molecule has 0 spiro atoms. The van der Waals surface area contributed by atoms with E-state index in [0.29, 0.717) is 32.2 Å². The van der Waals surface area contributed by atoms with E-state index < -0.39 is 11.4 Å². The van der Waals surface area contributed by atoms with Crippen LogP contribution < -0.4 is 10.6 Å². The van der Waals surface area contributed by atoms with Crippen molar-refractivity contribution < 1.29 is 19.5 Å². The van der Waals surface area contributed by atoms with Crippen LogP contribution in [-0.2, 0) is 14.4 Å². The molecule has 6 nitrogen and oxygen atoms in total. The SMILES string of the molecule is CC.CNC(C)(C)CCC(=O)CC(C)(C)CC(C)(C)C(=O)NCCCCC(C)C(=O)O. The molecule has 0 heterocycles. The molecule has 0 radical (unpaired) electrons. The summed E-state index contributed by atoms with van der Waals surface area (Å²) in [5.74, 6) is -0.900. The van der Waals surface area contributed by atoms with Crippen LogP contribution in [0, 0.1) is 16.7 Å². The lowest BCUT2D eigenvalue weighted by Crippen LogP contribution is -2.40. The first-order valence-electron chi connectivity index (χ1n) is 11.8. The van der Waals surface area contributed by atoms with Crippen LogP contribution in [0.4, 0.5) is 0 Å². The van der Waals surface area contributed by atoms with E-state index in [1.54, 1.807) is 6.92 Å². The smallest absolute Gasteiger partial charge is 0.306 e. The molecule has 1 unspecified atom stereocenters. The molecule has 0 rings (SSSR count). The zero-order valence-corrected chi connectivity index (χ0v) is 21.9. The molecule has 0 aromatic carbocycles. The molecule has 0 fully saturated rings. The Kier molecular flexibility index (Phi) is 15.0. The topological polar surface area (TPSA) is 95.5 Å². The summed E-state index contributed by atoms with van der Waals surface area (Å²) in [5.41, 5.74) is -0.873. The number of carbonyl (C=O) groups is 3. The number of carboxylic acid groups (broad SMARTS) is 1. The molecule has 0 aromatic heterocycles. The predicted molar refractivity (Wildman–Crippen MR) is 129 cm³/mol. The third-order valence-corrected chi connectivity index (χ3v) is 5.69. The second-order valence-corrected chi connectivity index (χ2v) is 10.6. The van der Waals surface area contributed by atoms with Crippen molar-refractivity contribution in [3.63, 3.8) is 0 Å². The van der Waals surface area contributed by atoms with Gasteiger partial charge in [-0.1, -0.05) is 54.9 Å². The van der Waals surface area contributed by atoms with Gasteiger partial charge in [-0.15, -0.1) is 0 Å². The van der Waals surface area contributed by atoms with Crippen molar-refractivity contribution >= 4 is 17.7 Å². The fourth-order valence-electron chi connectivity index (χ4n) is 3.68. The van der Waals surface area contributed by atoms with Gasteiger partial charge in [0, 0.05) is 30.3 Å². The first kappa shape index (κ1) is 31.8. The van der Waals surface area contributed by atoms with Gasteiger partial charge in [0.25, 0.3) is 0 Å². The Morgan fingerprint density at radius 1 is 0.968 bits per heavy atom. The average molecular weight is 443 g/mol. The maximum Gasteiger partial charge on any atom is 0.306 e. The minimum absolute atomic E-state index is 0.0133. The highest BCUT2D eigenvalue weighted by molar-refractivity contribution is 5.82. The number of aliphatic carboxylic acids is 1. The van der Waals surface area contributed by atoms with Gasteiger partial charge in [-0.05, 0) is 52.0 Å². The Labute approximate surface area is 191 Å². The zero-order valence-electron chi connectivity index (χ0n) is 21.9. The maximum absolute atomic E-state index is 12.6. The number of unbranched alkanes of at least 4 members (excludes halogenated alkanes) is 1. The van der Waals surface area contributed by atoms with Crippen LogP contribution in [0.2, 0.25) is 0 Å². The van der Waals surface area contributed by atoms with Gasteiger partial charge in [0.05, 0.1) is 5.92 Å². The van der Waals surface area contributed by atoms with E-state index in [1.165, 1.54) is 0 Å².